The van der Waals surface area contributed by atoms with Gasteiger partial charge in [-0.3, -0.25) is 9.10 Å². The van der Waals surface area contributed by atoms with E-state index in [1.54, 1.807) is 38.1 Å². The number of rotatable bonds is 5. The number of benzene rings is 1. The van der Waals surface area contributed by atoms with Crippen LogP contribution in [0.15, 0.2) is 28.8 Å². The maximum atomic E-state index is 12.1. The molecule has 1 aromatic carbocycles. The summed E-state index contributed by atoms with van der Waals surface area (Å²) < 4.78 is 30.6. The Morgan fingerprint density at radius 2 is 1.82 bits per heavy atom. The molecule has 1 aromatic heterocycles. The highest BCUT2D eigenvalue weighted by atomic mass is 32.2. The first-order valence-corrected chi connectivity index (χ1v) is 8.55. The Kier molecular flexibility index (Phi) is 4.37. The molecule has 7 heteroatoms. The molecule has 0 aliphatic heterocycles. The first-order chi connectivity index (χ1) is 10.2. The summed E-state index contributed by atoms with van der Waals surface area (Å²) in [6.07, 6.45) is 1.14. The van der Waals surface area contributed by atoms with Crippen LogP contribution in [0, 0.1) is 13.8 Å². The topological polar surface area (TPSA) is 80.5 Å². The molecule has 0 amide bonds. The predicted octanol–water partition coefficient (Wildman–Crippen LogP) is 2.46. The molecular formula is C15H18N2O4S. The van der Waals surface area contributed by atoms with Gasteiger partial charge in [0.25, 0.3) is 0 Å². The van der Waals surface area contributed by atoms with Gasteiger partial charge in [0.2, 0.25) is 10.0 Å². The molecule has 0 atom stereocenters. The number of nitrogens with zero attached hydrogens (tertiary/aromatic N) is 2. The quantitative estimate of drug-likeness (QED) is 0.790. The third-order valence-corrected chi connectivity index (χ3v) is 4.59. The lowest BCUT2D eigenvalue weighted by atomic mass is 10.1. The maximum Gasteiger partial charge on any atom is 0.232 e. The van der Waals surface area contributed by atoms with Crippen LogP contribution in [0.2, 0.25) is 0 Å². The lowest BCUT2D eigenvalue weighted by Crippen LogP contribution is -2.29. The van der Waals surface area contributed by atoms with E-state index in [1.165, 1.54) is 11.2 Å². The highest BCUT2D eigenvalue weighted by Crippen LogP contribution is 2.24. The van der Waals surface area contributed by atoms with Crippen LogP contribution in [0.5, 0.6) is 0 Å². The maximum absolute atomic E-state index is 12.1. The van der Waals surface area contributed by atoms with Crippen molar-refractivity contribution >= 4 is 21.5 Å². The number of hydrogen-bond acceptors (Lipinski definition) is 5. The normalized spacial score (nSPS) is 11.5. The number of hydrogen-bond donors (Lipinski definition) is 0. The molecule has 0 unspecified atom stereocenters. The van der Waals surface area contributed by atoms with Crippen molar-refractivity contribution < 1.29 is 17.7 Å². The van der Waals surface area contributed by atoms with E-state index in [4.69, 9.17) is 4.52 Å². The van der Waals surface area contributed by atoms with E-state index in [9.17, 15) is 13.2 Å². The SMILES string of the molecule is CC(=O)c1ccc(N(Cc2c(C)noc2C)S(C)(=O)=O)cc1. The largest absolute Gasteiger partial charge is 0.361 e. The van der Waals surface area contributed by atoms with Gasteiger partial charge >= 0.3 is 0 Å². The van der Waals surface area contributed by atoms with Crippen LogP contribution in [0.3, 0.4) is 0 Å². The molecule has 0 fully saturated rings. The lowest BCUT2D eigenvalue weighted by molar-refractivity contribution is 0.101. The van der Waals surface area contributed by atoms with E-state index >= 15 is 0 Å². The van der Waals surface area contributed by atoms with Crippen molar-refractivity contribution in [3.63, 3.8) is 0 Å². The number of Topliss-reactive ketones (excluding diaryl/α,β-unsaturated/α-hetero) is 1. The van der Waals surface area contributed by atoms with Crippen molar-refractivity contribution in [2.45, 2.75) is 27.3 Å². The zero-order valence-corrected chi connectivity index (χ0v) is 13.8. The van der Waals surface area contributed by atoms with Crippen LogP contribution in [0.1, 0.15) is 34.3 Å². The predicted molar refractivity (Wildman–Crippen MR) is 83.5 cm³/mol. The first kappa shape index (κ1) is 16.2. The van der Waals surface area contributed by atoms with Gasteiger partial charge in [0.15, 0.2) is 5.78 Å². The Labute approximate surface area is 129 Å². The molecule has 0 saturated carbocycles. The number of anilines is 1. The summed E-state index contributed by atoms with van der Waals surface area (Å²) in [6.45, 7) is 5.12. The molecular weight excluding hydrogens is 304 g/mol. The minimum atomic E-state index is -3.48. The molecule has 0 N–H and O–H groups in total. The number of carbonyl (C=O) groups excluding carboxylic acids is 1. The zero-order chi connectivity index (χ0) is 16.5. The number of ketones is 1. The first-order valence-electron chi connectivity index (χ1n) is 6.70. The van der Waals surface area contributed by atoms with Crippen molar-refractivity contribution in [3.05, 3.63) is 46.8 Å². The zero-order valence-electron chi connectivity index (χ0n) is 13.0. The van der Waals surface area contributed by atoms with E-state index in [0.29, 0.717) is 22.7 Å². The second kappa shape index (κ2) is 5.92. The van der Waals surface area contributed by atoms with Gasteiger partial charge in [-0.15, -0.1) is 0 Å². The van der Waals surface area contributed by atoms with Crippen molar-refractivity contribution in [2.24, 2.45) is 0 Å². The Morgan fingerprint density at radius 3 is 2.23 bits per heavy atom. The molecule has 0 bridgehead atoms. The van der Waals surface area contributed by atoms with E-state index < -0.39 is 10.0 Å². The molecule has 1 heterocycles. The van der Waals surface area contributed by atoms with Gasteiger partial charge in [0, 0.05) is 11.1 Å². The molecule has 6 nitrogen and oxygen atoms in total. The van der Waals surface area contributed by atoms with Crippen molar-refractivity contribution in [1.82, 2.24) is 5.16 Å². The molecule has 0 spiro atoms. The Bertz CT molecular complexity index is 772. The molecule has 0 radical (unpaired) electrons. The summed E-state index contributed by atoms with van der Waals surface area (Å²) in [5.41, 5.74) is 2.43. The van der Waals surface area contributed by atoms with Crippen molar-refractivity contribution in [3.8, 4) is 0 Å². The third-order valence-electron chi connectivity index (χ3n) is 3.45. The summed E-state index contributed by atoms with van der Waals surface area (Å²) in [7, 11) is -3.48. The number of sulfonamides is 1. The van der Waals surface area contributed by atoms with Gasteiger partial charge in [-0.1, -0.05) is 5.16 Å². The second-order valence-electron chi connectivity index (χ2n) is 5.18. The smallest absolute Gasteiger partial charge is 0.232 e. The number of carbonyl (C=O) groups is 1. The fourth-order valence-corrected chi connectivity index (χ4v) is 3.00. The van der Waals surface area contributed by atoms with Crippen LogP contribution in [-0.2, 0) is 16.6 Å². The van der Waals surface area contributed by atoms with Crippen molar-refractivity contribution in [1.29, 1.82) is 0 Å². The average Bonchev–Trinajstić information content (AvgIpc) is 2.74. The van der Waals surface area contributed by atoms with Crippen LogP contribution < -0.4 is 4.31 Å². The summed E-state index contributed by atoms with van der Waals surface area (Å²) >= 11 is 0. The second-order valence-corrected chi connectivity index (χ2v) is 7.08. The van der Waals surface area contributed by atoms with Gasteiger partial charge in [-0.25, -0.2) is 8.42 Å². The molecule has 0 aliphatic rings. The van der Waals surface area contributed by atoms with Gasteiger partial charge in [-0.05, 0) is 45.0 Å². The van der Waals surface area contributed by atoms with E-state index in [0.717, 1.165) is 11.8 Å². The van der Waals surface area contributed by atoms with E-state index in [1.807, 2.05) is 0 Å². The van der Waals surface area contributed by atoms with Gasteiger partial charge < -0.3 is 4.52 Å². The Hall–Kier alpha value is -2.15. The molecule has 2 rings (SSSR count). The summed E-state index contributed by atoms with van der Waals surface area (Å²) in [5.74, 6) is 0.523. The minimum absolute atomic E-state index is 0.0665. The standard InChI is InChI=1S/C15H18N2O4S/c1-10-15(12(3)21-16-10)9-17(22(4,19)20)14-7-5-13(6-8-14)11(2)18/h5-8H,9H2,1-4H3. The average molecular weight is 322 g/mol. The fraction of sp³-hybridized carbons (Fsp3) is 0.333. The van der Waals surface area contributed by atoms with Gasteiger partial charge in [0.1, 0.15) is 5.76 Å². The third kappa shape index (κ3) is 3.36. The summed E-state index contributed by atoms with van der Waals surface area (Å²) in [5, 5.41) is 3.84. The van der Waals surface area contributed by atoms with E-state index in [2.05, 4.69) is 5.16 Å². The summed E-state index contributed by atoms with van der Waals surface area (Å²) in [4.78, 5) is 11.3. The molecule has 22 heavy (non-hydrogen) atoms. The van der Waals surface area contributed by atoms with Crippen LogP contribution in [-0.4, -0.2) is 25.6 Å². The number of aromatic nitrogens is 1. The fourth-order valence-electron chi connectivity index (χ4n) is 2.13. The highest BCUT2D eigenvalue weighted by molar-refractivity contribution is 7.92. The highest BCUT2D eigenvalue weighted by Gasteiger charge is 2.21. The van der Waals surface area contributed by atoms with E-state index in [-0.39, 0.29) is 12.3 Å². The van der Waals surface area contributed by atoms with Crippen LogP contribution >= 0.6 is 0 Å². The monoisotopic (exact) mass is 322 g/mol. The van der Waals surface area contributed by atoms with Crippen LogP contribution in [0.4, 0.5) is 5.69 Å². The lowest BCUT2D eigenvalue weighted by Gasteiger charge is -2.22. The minimum Gasteiger partial charge on any atom is -0.361 e. The Balaban J connectivity index is 2.41. The van der Waals surface area contributed by atoms with Gasteiger partial charge in [0.05, 0.1) is 24.2 Å². The molecule has 2 aromatic rings. The molecule has 118 valence electrons. The summed E-state index contributed by atoms with van der Waals surface area (Å²) in [6, 6.07) is 6.47. The van der Waals surface area contributed by atoms with Crippen LogP contribution in [0.25, 0.3) is 0 Å². The number of aryl methyl sites for hydroxylation is 2. The van der Waals surface area contributed by atoms with Crippen molar-refractivity contribution in [2.75, 3.05) is 10.6 Å². The van der Waals surface area contributed by atoms with Gasteiger partial charge in [-0.2, -0.15) is 0 Å². The molecule has 0 saturated heterocycles. The molecule has 0 aliphatic carbocycles. The Morgan fingerprint density at radius 1 is 1.23 bits per heavy atom.